The van der Waals surface area contributed by atoms with Gasteiger partial charge in [0, 0.05) is 6.92 Å². The van der Waals surface area contributed by atoms with Crippen molar-refractivity contribution in [3.8, 4) is 0 Å². The monoisotopic (exact) mass is 225 g/mol. The first kappa shape index (κ1) is 10.3. The predicted octanol–water partition coefficient (Wildman–Crippen LogP) is 2.47. The summed E-state index contributed by atoms with van der Waals surface area (Å²) in [5.74, 6) is -0.263. The van der Waals surface area contributed by atoms with E-state index >= 15 is 0 Å². The number of ether oxygens (including phenoxy) is 1. The van der Waals surface area contributed by atoms with Gasteiger partial charge in [0.25, 0.3) is 0 Å². The molecule has 2 N–H and O–H groups in total. The molecule has 0 bridgehead atoms. The lowest BCUT2D eigenvalue weighted by molar-refractivity contribution is -0.149. The third-order valence-corrected chi connectivity index (χ3v) is 2.91. The van der Waals surface area contributed by atoms with Crippen molar-refractivity contribution in [1.82, 2.24) is 0 Å². The number of anilines is 1. The molecule has 0 unspecified atom stereocenters. The average molecular weight is 226 g/mol. The van der Waals surface area contributed by atoms with E-state index in [1.54, 1.807) is 12.1 Å². The van der Waals surface area contributed by atoms with Gasteiger partial charge in [0.05, 0.1) is 10.7 Å². The van der Waals surface area contributed by atoms with Gasteiger partial charge in [0.2, 0.25) is 0 Å². The number of nitrogens with two attached hydrogens (primary N) is 1. The number of benzene rings is 1. The highest BCUT2D eigenvalue weighted by Crippen LogP contribution is 2.50. The van der Waals surface area contributed by atoms with E-state index in [1.165, 1.54) is 6.92 Å². The zero-order valence-electron chi connectivity index (χ0n) is 8.42. The van der Waals surface area contributed by atoms with Crippen LogP contribution in [0.4, 0.5) is 5.69 Å². The van der Waals surface area contributed by atoms with Gasteiger partial charge in [-0.25, -0.2) is 0 Å². The van der Waals surface area contributed by atoms with Crippen LogP contribution in [0.5, 0.6) is 0 Å². The lowest BCUT2D eigenvalue weighted by Gasteiger charge is -2.16. The smallest absolute Gasteiger partial charge is 0.303 e. The zero-order valence-corrected chi connectivity index (χ0v) is 9.17. The van der Waals surface area contributed by atoms with Crippen LogP contribution in [-0.4, -0.2) is 5.97 Å². The standard InChI is InChI=1S/C11H12ClNO2/c1-7(14)15-11(4-5-11)8-2-3-9(12)10(13)6-8/h2-3,6H,4-5,13H2,1H3. The summed E-state index contributed by atoms with van der Waals surface area (Å²) in [6.45, 7) is 1.42. The number of halogens is 1. The molecular weight excluding hydrogens is 214 g/mol. The van der Waals surface area contributed by atoms with E-state index < -0.39 is 5.60 Å². The molecule has 2 rings (SSSR count). The summed E-state index contributed by atoms with van der Waals surface area (Å²) in [6.07, 6.45) is 1.71. The van der Waals surface area contributed by atoms with Crippen LogP contribution in [0, 0.1) is 0 Å². The van der Waals surface area contributed by atoms with Crippen LogP contribution in [-0.2, 0) is 15.1 Å². The van der Waals surface area contributed by atoms with Crippen LogP contribution in [0.3, 0.4) is 0 Å². The van der Waals surface area contributed by atoms with Crippen LogP contribution in [0.15, 0.2) is 18.2 Å². The fourth-order valence-electron chi connectivity index (χ4n) is 1.67. The molecule has 1 aromatic carbocycles. The molecular formula is C11H12ClNO2. The summed E-state index contributed by atoms with van der Waals surface area (Å²) < 4.78 is 5.29. The summed E-state index contributed by atoms with van der Waals surface area (Å²) in [4.78, 5) is 10.9. The Kier molecular flexibility index (Phi) is 2.35. The largest absolute Gasteiger partial charge is 0.454 e. The second kappa shape index (κ2) is 3.42. The van der Waals surface area contributed by atoms with E-state index in [-0.39, 0.29) is 5.97 Å². The van der Waals surface area contributed by atoms with Crippen molar-refractivity contribution in [2.24, 2.45) is 0 Å². The maximum atomic E-state index is 10.9. The van der Waals surface area contributed by atoms with Gasteiger partial charge in [0.15, 0.2) is 0 Å². The Hall–Kier alpha value is -1.22. The maximum Gasteiger partial charge on any atom is 0.303 e. The van der Waals surface area contributed by atoms with Gasteiger partial charge in [-0.3, -0.25) is 4.79 Å². The minimum Gasteiger partial charge on any atom is -0.454 e. The molecule has 0 radical (unpaired) electrons. The molecule has 15 heavy (non-hydrogen) atoms. The fraction of sp³-hybridized carbons (Fsp3) is 0.364. The fourth-order valence-corrected chi connectivity index (χ4v) is 1.78. The van der Waals surface area contributed by atoms with Gasteiger partial charge in [-0.1, -0.05) is 17.7 Å². The van der Waals surface area contributed by atoms with Crippen LogP contribution in [0.2, 0.25) is 5.02 Å². The molecule has 1 saturated carbocycles. The molecule has 1 aliphatic rings. The number of carbonyl (C=O) groups is 1. The van der Waals surface area contributed by atoms with Crippen LogP contribution >= 0.6 is 11.6 Å². The highest BCUT2D eigenvalue weighted by molar-refractivity contribution is 6.33. The minimum atomic E-state index is -0.440. The summed E-state index contributed by atoms with van der Waals surface area (Å²) in [5, 5.41) is 0.525. The molecule has 1 fully saturated rings. The van der Waals surface area contributed by atoms with Gasteiger partial charge < -0.3 is 10.5 Å². The number of hydrogen-bond donors (Lipinski definition) is 1. The Morgan fingerprint density at radius 1 is 1.53 bits per heavy atom. The number of esters is 1. The molecule has 80 valence electrons. The van der Waals surface area contributed by atoms with E-state index in [4.69, 9.17) is 22.1 Å². The lowest BCUT2D eigenvalue weighted by Crippen LogP contribution is -2.15. The molecule has 0 amide bonds. The molecule has 0 spiro atoms. The zero-order chi connectivity index (χ0) is 11.1. The van der Waals surface area contributed by atoms with Gasteiger partial charge in [0.1, 0.15) is 5.60 Å². The van der Waals surface area contributed by atoms with Crippen molar-refractivity contribution < 1.29 is 9.53 Å². The maximum absolute atomic E-state index is 10.9. The third-order valence-electron chi connectivity index (χ3n) is 2.57. The van der Waals surface area contributed by atoms with Crippen molar-refractivity contribution in [2.45, 2.75) is 25.4 Å². The number of nitrogen functional groups attached to an aromatic ring is 1. The quantitative estimate of drug-likeness (QED) is 0.622. The Morgan fingerprint density at radius 2 is 2.20 bits per heavy atom. The van der Waals surface area contributed by atoms with Gasteiger partial charge in [-0.05, 0) is 30.5 Å². The van der Waals surface area contributed by atoms with Crippen molar-refractivity contribution in [2.75, 3.05) is 5.73 Å². The SMILES string of the molecule is CC(=O)OC1(c2ccc(Cl)c(N)c2)CC1. The van der Waals surface area contributed by atoms with Crippen molar-refractivity contribution in [3.63, 3.8) is 0 Å². The predicted molar refractivity (Wildman–Crippen MR) is 58.5 cm³/mol. The first-order valence-electron chi connectivity index (χ1n) is 4.79. The molecule has 1 aliphatic carbocycles. The summed E-state index contributed by atoms with van der Waals surface area (Å²) >= 11 is 5.82. The van der Waals surface area contributed by atoms with E-state index in [2.05, 4.69) is 0 Å². The van der Waals surface area contributed by atoms with Crippen LogP contribution < -0.4 is 5.73 Å². The first-order valence-corrected chi connectivity index (χ1v) is 5.16. The molecule has 0 heterocycles. The molecule has 0 aliphatic heterocycles. The van der Waals surface area contributed by atoms with Crippen molar-refractivity contribution >= 4 is 23.3 Å². The van der Waals surface area contributed by atoms with Gasteiger partial charge in [-0.2, -0.15) is 0 Å². The number of carbonyl (C=O) groups excluding carboxylic acids is 1. The Labute approximate surface area is 93.2 Å². The molecule has 3 nitrogen and oxygen atoms in total. The molecule has 0 aromatic heterocycles. The average Bonchev–Trinajstić information content (AvgIpc) is 2.89. The molecule has 1 aromatic rings. The summed E-state index contributed by atoms with van der Waals surface area (Å²) in [7, 11) is 0. The van der Waals surface area contributed by atoms with E-state index in [0.29, 0.717) is 10.7 Å². The van der Waals surface area contributed by atoms with E-state index in [0.717, 1.165) is 18.4 Å². The second-order valence-electron chi connectivity index (χ2n) is 3.82. The van der Waals surface area contributed by atoms with Crippen LogP contribution in [0.1, 0.15) is 25.3 Å². The Morgan fingerprint density at radius 3 is 2.67 bits per heavy atom. The summed E-state index contributed by atoms with van der Waals surface area (Å²) in [6, 6.07) is 5.36. The lowest BCUT2D eigenvalue weighted by atomic mass is 10.1. The van der Waals surface area contributed by atoms with Crippen LogP contribution in [0.25, 0.3) is 0 Å². The number of hydrogen-bond acceptors (Lipinski definition) is 3. The topological polar surface area (TPSA) is 52.3 Å². The third kappa shape index (κ3) is 1.92. The summed E-state index contributed by atoms with van der Waals surface area (Å²) in [5.41, 5.74) is 6.71. The minimum absolute atomic E-state index is 0.263. The first-order chi connectivity index (χ1) is 7.03. The molecule has 0 saturated heterocycles. The Bertz CT molecular complexity index is 413. The van der Waals surface area contributed by atoms with E-state index in [1.807, 2.05) is 6.07 Å². The molecule has 4 heteroatoms. The second-order valence-corrected chi connectivity index (χ2v) is 4.23. The highest BCUT2D eigenvalue weighted by Gasteiger charge is 2.48. The highest BCUT2D eigenvalue weighted by atomic mass is 35.5. The Balaban J connectivity index is 2.29. The van der Waals surface area contributed by atoms with Crippen molar-refractivity contribution in [1.29, 1.82) is 0 Å². The molecule has 0 atom stereocenters. The number of rotatable bonds is 2. The normalized spacial score (nSPS) is 17.2. The van der Waals surface area contributed by atoms with Gasteiger partial charge in [-0.15, -0.1) is 0 Å². The van der Waals surface area contributed by atoms with Gasteiger partial charge >= 0.3 is 5.97 Å². The van der Waals surface area contributed by atoms with Crippen molar-refractivity contribution in [3.05, 3.63) is 28.8 Å². The van der Waals surface area contributed by atoms with E-state index in [9.17, 15) is 4.79 Å².